The van der Waals surface area contributed by atoms with Crippen molar-refractivity contribution in [3.63, 3.8) is 0 Å². The molecular weight excluding hydrogens is 222 g/mol. The van der Waals surface area contributed by atoms with Crippen LogP contribution in [-0.2, 0) is 13.1 Å². The molecule has 0 aliphatic carbocycles. The van der Waals surface area contributed by atoms with Crippen LogP contribution >= 0.6 is 0 Å². The summed E-state index contributed by atoms with van der Waals surface area (Å²) in [6.07, 6.45) is 5.57. The molecule has 1 aromatic heterocycles. The molecule has 1 heterocycles. The van der Waals surface area contributed by atoms with Crippen molar-refractivity contribution in [2.45, 2.75) is 59.2 Å². The van der Waals surface area contributed by atoms with Crippen LogP contribution in [0.5, 0.6) is 0 Å². The van der Waals surface area contributed by atoms with Gasteiger partial charge < -0.3 is 5.73 Å². The van der Waals surface area contributed by atoms with E-state index >= 15 is 0 Å². The summed E-state index contributed by atoms with van der Waals surface area (Å²) in [5.41, 5.74) is 7.94. The zero-order chi connectivity index (χ0) is 13.4. The highest BCUT2D eigenvalue weighted by atomic mass is 15.1. The number of hydrogen-bond acceptors (Lipinski definition) is 3. The second-order valence-electron chi connectivity index (χ2n) is 4.94. The SMILES string of the molecule is CCCCN(Cc1ccnc(CN)c1)C(C)CC. The van der Waals surface area contributed by atoms with E-state index in [1.54, 1.807) is 0 Å². The van der Waals surface area contributed by atoms with Gasteiger partial charge in [0.2, 0.25) is 0 Å². The summed E-state index contributed by atoms with van der Waals surface area (Å²) in [5, 5.41) is 0. The molecule has 102 valence electrons. The number of hydrogen-bond donors (Lipinski definition) is 1. The van der Waals surface area contributed by atoms with Gasteiger partial charge in [-0.05, 0) is 44.0 Å². The minimum Gasteiger partial charge on any atom is -0.325 e. The molecule has 18 heavy (non-hydrogen) atoms. The third-order valence-electron chi connectivity index (χ3n) is 3.49. The van der Waals surface area contributed by atoms with E-state index in [9.17, 15) is 0 Å². The highest BCUT2D eigenvalue weighted by Crippen LogP contribution is 2.12. The second kappa shape index (κ2) is 8.22. The molecule has 1 aromatic rings. The van der Waals surface area contributed by atoms with Crippen molar-refractivity contribution in [1.29, 1.82) is 0 Å². The topological polar surface area (TPSA) is 42.2 Å². The van der Waals surface area contributed by atoms with Gasteiger partial charge in [-0.1, -0.05) is 20.3 Å². The van der Waals surface area contributed by atoms with Crippen LogP contribution in [0, 0.1) is 0 Å². The van der Waals surface area contributed by atoms with E-state index in [0.717, 1.165) is 12.2 Å². The number of pyridine rings is 1. The fourth-order valence-electron chi connectivity index (χ4n) is 2.05. The van der Waals surface area contributed by atoms with Crippen LogP contribution in [0.25, 0.3) is 0 Å². The number of unbranched alkanes of at least 4 members (excludes halogenated alkanes) is 1. The maximum atomic E-state index is 5.64. The third-order valence-corrected chi connectivity index (χ3v) is 3.49. The first-order chi connectivity index (χ1) is 8.71. The predicted molar refractivity (Wildman–Crippen MR) is 77.2 cm³/mol. The lowest BCUT2D eigenvalue weighted by molar-refractivity contribution is 0.192. The molecule has 0 aliphatic rings. The number of rotatable bonds is 8. The van der Waals surface area contributed by atoms with Gasteiger partial charge in [0.25, 0.3) is 0 Å². The summed E-state index contributed by atoms with van der Waals surface area (Å²) < 4.78 is 0. The van der Waals surface area contributed by atoms with Crippen molar-refractivity contribution in [2.24, 2.45) is 5.73 Å². The summed E-state index contributed by atoms with van der Waals surface area (Å²) in [5.74, 6) is 0. The average molecular weight is 249 g/mol. The number of nitrogens with zero attached hydrogens (tertiary/aromatic N) is 2. The van der Waals surface area contributed by atoms with Gasteiger partial charge in [-0.15, -0.1) is 0 Å². The molecular formula is C15H27N3. The zero-order valence-electron chi connectivity index (χ0n) is 12.0. The fourth-order valence-corrected chi connectivity index (χ4v) is 2.05. The van der Waals surface area contributed by atoms with Crippen molar-refractivity contribution in [2.75, 3.05) is 6.54 Å². The summed E-state index contributed by atoms with van der Waals surface area (Å²) in [4.78, 5) is 6.80. The van der Waals surface area contributed by atoms with Crippen molar-refractivity contribution in [3.05, 3.63) is 29.6 Å². The van der Waals surface area contributed by atoms with E-state index < -0.39 is 0 Å². The molecule has 1 atom stereocenters. The van der Waals surface area contributed by atoms with Crippen LogP contribution in [0.4, 0.5) is 0 Å². The van der Waals surface area contributed by atoms with Crippen LogP contribution in [0.15, 0.2) is 18.3 Å². The first-order valence-electron chi connectivity index (χ1n) is 7.09. The molecule has 3 heteroatoms. The molecule has 3 nitrogen and oxygen atoms in total. The van der Waals surface area contributed by atoms with Crippen LogP contribution in [0.1, 0.15) is 51.3 Å². The van der Waals surface area contributed by atoms with Gasteiger partial charge in [-0.2, -0.15) is 0 Å². The Morgan fingerprint density at radius 1 is 1.39 bits per heavy atom. The first kappa shape index (κ1) is 15.1. The van der Waals surface area contributed by atoms with E-state index in [1.807, 2.05) is 6.20 Å². The Morgan fingerprint density at radius 3 is 2.78 bits per heavy atom. The number of aromatic nitrogens is 1. The van der Waals surface area contributed by atoms with Gasteiger partial charge in [0, 0.05) is 25.3 Å². The van der Waals surface area contributed by atoms with E-state index in [2.05, 4.69) is 42.8 Å². The van der Waals surface area contributed by atoms with E-state index in [-0.39, 0.29) is 0 Å². The van der Waals surface area contributed by atoms with Gasteiger partial charge in [0.05, 0.1) is 5.69 Å². The molecule has 0 saturated heterocycles. The maximum Gasteiger partial charge on any atom is 0.0542 e. The molecule has 0 aliphatic heterocycles. The van der Waals surface area contributed by atoms with Crippen molar-refractivity contribution in [1.82, 2.24) is 9.88 Å². The minimum atomic E-state index is 0.520. The van der Waals surface area contributed by atoms with Crippen LogP contribution in [0.3, 0.4) is 0 Å². The van der Waals surface area contributed by atoms with Gasteiger partial charge in [0.1, 0.15) is 0 Å². The molecule has 1 unspecified atom stereocenters. The van der Waals surface area contributed by atoms with E-state index in [4.69, 9.17) is 5.73 Å². The van der Waals surface area contributed by atoms with Gasteiger partial charge in [-0.25, -0.2) is 0 Å². The van der Waals surface area contributed by atoms with Crippen LogP contribution in [0.2, 0.25) is 0 Å². The molecule has 0 fully saturated rings. The van der Waals surface area contributed by atoms with Crippen LogP contribution < -0.4 is 5.73 Å². The van der Waals surface area contributed by atoms with Gasteiger partial charge >= 0.3 is 0 Å². The molecule has 0 spiro atoms. The fraction of sp³-hybridized carbons (Fsp3) is 0.667. The summed E-state index contributed by atoms with van der Waals surface area (Å²) in [6, 6.07) is 4.85. The lowest BCUT2D eigenvalue weighted by Gasteiger charge is -2.28. The first-order valence-corrected chi connectivity index (χ1v) is 7.09. The summed E-state index contributed by atoms with van der Waals surface area (Å²) >= 11 is 0. The standard InChI is InChI=1S/C15H27N3/c1-4-6-9-18(13(3)5-2)12-14-7-8-17-15(10-14)11-16/h7-8,10,13H,4-6,9,11-12,16H2,1-3H3. The average Bonchev–Trinajstić information content (AvgIpc) is 2.42. The smallest absolute Gasteiger partial charge is 0.0542 e. The molecule has 0 aromatic carbocycles. The normalized spacial score (nSPS) is 12.9. The van der Waals surface area contributed by atoms with Crippen LogP contribution in [-0.4, -0.2) is 22.5 Å². The lowest BCUT2D eigenvalue weighted by Crippen LogP contribution is -2.33. The lowest BCUT2D eigenvalue weighted by atomic mass is 10.1. The molecule has 0 bridgehead atoms. The van der Waals surface area contributed by atoms with Gasteiger partial charge in [-0.3, -0.25) is 9.88 Å². The number of nitrogens with two attached hydrogens (primary N) is 1. The predicted octanol–water partition coefficient (Wildman–Crippen LogP) is 2.94. The Bertz CT molecular complexity index is 338. The Kier molecular flexibility index (Phi) is 6.91. The molecule has 2 N–H and O–H groups in total. The monoisotopic (exact) mass is 249 g/mol. The Hall–Kier alpha value is -0.930. The Morgan fingerprint density at radius 2 is 2.17 bits per heavy atom. The highest BCUT2D eigenvalue weighted by Gasteiger charge is 2.12. The van der Waals surface area contributed by atoms with Crippen molar-refractivity contribution in [3.8, 4) is 0 Å². The second-order valence-corrected chi connectivity index (χ2v) is 4.94. The minimum absolute atomic E-state index is 0.520. The molecule has 0 radical (unpaired) electrons. The zero-order valence-corrected chi connectivity index (χ0v) is 12.0. The largest absolute Gasteiger partial charge is 0.325 e. The van der Waals surface area contributed by atoms with E-state index in [1.165, 1.54) is 31.4 Å². The molecule has 0 amide bonds. The van der Waals surface area contributed by atoms with Crippen molar-refractivity contribution < 1.29 is 0 Å². The molecule has 0 saturated carbocycles. The van der Waals surface area contributed by atoms with E-state index in [0.29, 0.717) is 12.6 Å². The summed E-state index contributed by atoms with van der Waals surface area (Å²) in [6.45, 7) is 9.50. The molecule has 1 rings (SSSR count). The quantitative estimate of drug-likeness (QED) is 0.770. The maximum absolute atomic E-state index is 5.64. The Balaban J connectivity index is 2.68. The Labute approximate surface area is 111 Å². The van der Waals surface area contributed by atoms with Gasteiger partial charge in [0.15, 0.2) is 0 Å². The highest BCUT2D eigenvalue weighted by molar-refractivity contribution is 5.16. The van der Waals surface area contributed by atoms with Crippen molar-refractivity contribution >= 4 is 0 Å². The summed E-state index contributed by atoms with van der Waals surface area (Å²) in [7, 11) is 0. The third kappa shape index (κ3) is 4.75.